The van der Waals surface area contributed by atoms with Crippen LogP contribution in [0.15, 0.2) is 41.5 Å². The second-order valence-electron chi connectivity index (χ2n) is 6.39. The van der Waals surface area contributed by atoms with Crippen LogP contribution in [0.4, 0.5) is 5.82 Å². The average Bonchev–Trinajstić information content (AvgIpc) is 3.11. The van der Waals surface area contributed by atoms with Gasteiger partial charge < -0.3 is 15.2 Å². The van der Waals surface area contributed by atoms with Gasteiger partial charge in [-0.15, -0.1) is 0 Å². The summed E-state index contributed by atoms with van der Waals surface area (Å²) in [7, 11) is 0. The summed E-state index contributed by atoms with van der Waals surface area (Å²) < 4.78 is 1.27. The van der Waals surface area contributed by atoms with Gasteiger partial charge in [0.05, 0.1) is 12.9 Å². The number of rotatable bonds is 4. The minimum absolute atomic E-state index is 0.102. The molecular weight excluding hydrogens is 344 g/mol. The first kappa shape index (κ1) is 17.0. The molecule has 0 radical (unpaired) electrons. The lowest BCUT2D eigenvalue weighted by Gasteiger charge is -2.28. The van der Waals surface area contributed by atoms with Gasteiger partial charge in [-0.2, -0.15) is 5.26 Å². The molecule has 1 aliphatic rings. The second-order valence-corrected chi connectivity index (χ2v) is 6.39. The number of nitrogens with one attached hydrogen (secondary N) is 2. The molecule has 8 heteroatoms. The molecule has 1 saturated heterocycles. The van der Waals surface area contributed by atoms with Gasteiger partial charge in [0.25, 0.3) is 5.56 Å². The Balaban J connectivity index is 1.73. The number of Topliss-reactive ketones (excluding diaryl/α,β-unsaturated/α-hetero) is 1. The smallest absolute Gasteiger partial charge is 0.278 e. The van der Waals surface area contributed by atoms with E-state index in [1.807, 2.05) is 11.0 Å². The minimum Gasteiger partial charge on any atom is -0.354 e. The van der Waals surface area contributed by atoms with Gasteiger partial charge in [0, 0.05) is 31.7 Å². The molecule has 4 rings (SSSR count). The molecule has 136 valence electrons. The number of hydrogen-bond donors (Lipinski definition) is 2. The van der Waals surface area contributed by atoms with Crippen molar-refractivity contribution in [3.63, 3.8) is 0 Å². The third kappa shape index (κ3) is 3.09. The summed E-state index contributed by atoms with van der Waals surface area (Å²) in [5.41, 5.74) is 1.14. The van der Waals surface area contributed by atoms with E-state index in [-0.39, 0.29) is 23.4 Å². The number of nitriles is 1. The van der Waals surface area contributed by atoms with Gasteiger partial charge in [-0.1, -0.05) is 30.3 Å². The van der Waals surface area contributed by atoms with E-state index in [9.17, 15) is 14.9 Å². The predicted molar refractivity (Wildman–Crippen MR) is 101 cm³/mol. The highest BCUT2D eigenvalue weighted by atomic mass is 16.1. The van der Waals surface area contributed by atoms with Crippen LogP contribution >= 0.6 is 0 Å². The van der Waals surface area contributed by atoms with Crippen molar-refractivity contribution < 1.29 is 4.79 Å². The third-order valence-electron chi connectivity index (χ3n) is 4.71. The summed E-state index contributed by atoms with van der Waals surface area (Å²) in [6.07, 6.45) is 1.34. The van der Waals surface area contributed by atoms with E-state index in [0.29, 0.717) is 22.5 Å². The molecule has 0 amide bonds. The summed E-state index contributed by atoms with van der Waals surface area (Å²) >= 11 is 0. The lowest BCUT2D eigenvalue weighted by molar-refractivity contribution is 0.0970. The number of benzene rings is 1. The Kier molecular flexibility index (Phi) is 4.44. The normalized spacial score (nSPS) is 14.3. The van der Waals surface area contributed by atoms with Gasteiger partial charge in [0.15, 0.2) is 5.78 Å². The number of anilines is 1. The Labute approximate surface area is 155 Å². The van der Waals surface area contributed by atoms with Crippen molar-refractivity contribution in [1.82, 2.24) is 19.9 Å². The first-order valence-electron chi connectivity index (χ1n) is 8.74. The maximum atomic E-state index is 12.9. The average molecular weight is 362 g/mol. The van der Waals surface area contributed by atoms with Crippen LogP contribution in [0.1, 0.15) is 15.9 Å². The lowest BCUT2D eigenvalue weighted by atomic mass is 10.1. The SMILES string of the molecule is N#Cc1c(N2CCNCC2)[nH]c2c(=O)n(CC(=O)c3ccccc3)cnc12. The number of piperazine rings is 1. The van der Waals surface area contributed by atoms with E-state index in [1.54, 1.807) is 24.3 Å². The van der Waals surface area contributed by atoms with Crippen LogP contribution < -0.4 is 15.8 Å². The maximum absolute atomic E-state index is 12.9. The Morgan fingerprint density at radius 3 is 2.67 bits per heavy atom. The standard InChI is InChI=1S/C19H18N6O2/c20-10-14-16-17(23-18(14)24-8-6-21-7-9-24)19(27)25(12-22-16)11-15(26)13-4-2-1-3-5-13/h1-5,12,21,23H,6-9,11H2. The molecule has 2 aromatic heterocycles. The highest BCUT2D eigenvalue weighted by Crippen LogP contribution is 2.25. The zero-order valence-electron chi connectivity index (χ0n) is 14.6. The van der Waals surface area contributed by atoms with Crippen molar-refractivity contribution in [2.75, 3.05) is 31.1 Å². The van der Waals surface area contributed by atoms with Crippen molar-refractivity contribution >= 4 is 22.6 Å². The molecule has 3 aromatic rings. The fourth-order valence-electron chi connectivity index (χ4n) is 3.30. The van der Waals surface area contributed by atoms with Crippen LogP contribution in [0.3, 0.4) is 0 Å². The molecule has 0 atom stereocenters. The zero-order chi connectivity index (χ0) is 18.8. The first-order chi connectivity index (χ1) is 13.2. The summed E-state index contributed by atoms with van der Waals surface area (Å²) in [6, 6.07) is 11.0. The van der Waals surface area contributed by atoms with E-state index in [0.717, 1.165) is 26.2 Å². The third-order valence-corrected chi connectivity index (χ3v) is 4.71. The number of ketones is 1. The van der Waals surface area contributed by atoms with Crippen molar-refractivity contribution in [3.8, 4) is 6.07 Å². The first-order valence-corrected chi connectivity index (χ1v) is 8.74. The molecule has 1 aliphatic heterocycles. The van der Waals surface area contributed by atoms with Gasteiger partial charge in [0.2, 0.25) is 0 Å². The highest BCUT2D eigenvalue weighted by Gasteiger charge is 2.22. The van der Waals surface area contributed by atoms with Crippen LogP contribution in [0.2, 0.25) is 0 Å². The molecule has 27 heavy (non-hydrogen) atoms. The molecule has 0 unspecified atom stereocenters. The Hall–Kier alpha value is -3.44. The predicted octanol–water partition coefficient (Wildman–Crippen LogP) is 0.889. The lowest BCUT2D eigenvalue weighted by Crippen LogP contribution is -2.44. The molecule has 0 spiro atoms. The molecular formula is C19H18N6O2. The largest absolute Gasteiger partial charge is 0.354 e. The van der Waals surface area contributed by atoms with Gasteiger partial charge in [0.1, 0.15) is 28.5 Å². The van der Waals surface area contributed by atoms with Crippen LogP contribution in [0, 0.1) is 11.3 Å². The second kappa shape index (κ2) is 7.05. The quantitative estimate of drug-likeness (QED) is 0.668. The van der Waals surface area contributed by atoms with Crippen LogP contribution in [-0.2, 0) is 6.54 Å². The molecule has 2 N–H and O–H groups in total. The van der Waals surface area contributed by atoms with Gasteiger partial charge >= 0.3 is 0 Å². The van der Waals surface area contributed by atoms with Crippen molar-refractivity contribution in [2.45, 2.75) is 6.54 Å². The monoisotopic (exact) mass is 362 g/mol. The number of carbonyl (C=O) groups is 1. The van der Waals surface area contributed by atoms with Gasteiger partial charge in [-0.05, 0) is 0 Å². The molecule has 0 aliphatic carbocycles. The molecule has 0 bridgehead atoms. The summed E-state index contributed by atoms with van der Waals surface area (Å²) in [6.45, 7) is 2.99. The number of nitrogens with zero attached hydrogens (tertiary/aromatic N) is 4. The Morgan fingerprint density at radius 2 is 1.96 bits per heavy atom. The molecule has 1 aromatic carbocycles. The molecule has 3 heterocycles. The van der Waals surface area contributed by atoms with Crippen molar-refractivity contribution in [1.29, 1.82) is 5.26 Å². The van der Waals surface area contributed by atoms with E-state index in [2.05, 4.69) is 21.4 Å². The fourth-order valence-corrected chi connectivity index (χ4v) is 3.30. The molecule has 8 nitrogen and oxygen atoms in total. The van der Waals surface area contributed by atoms with E-state index in [4.69, 9.17) is 0 Å². The molecule has 1 fully saturated rings. The summed E-state index contributed by atoms with van der Waals surface area (Å²) in [5.74, 6) is 0.443. The number of H-pyrrole nitrogens is 1. The summed E-state index contributed by atoms with van der Waals surface area (Å²) in [4.78, 5) is 34.7. The van der Waals surface area contributed by atoms with E-state index in [1.165, 1.54) is 10.9 Å². The Bertz CT molecular complexity index is 1090. The van der Waals surface area contributed by atoms with Gasteiger partial charge in [-0.25, -0.2) is 4.98 Å². The molecule has 0 saturated carbocycles. The number of carbonyl (C=O) groups excluding carboxylic acids is 1. The number of aromatic nitrogens is 3. The number of fused-ring (bicyclic) bond motifs is 1. The zero-order valence-corrected chi connectivity index (χ0v) is 14.6. The maximum Gasteiger partial charge on any atom is 0.278 e. The summed E-state index contributed by atoms with van der Waals surface area (Å²) in [5, 5.41) is 12.8. The van der Waals surface area contributed by atoms with Crippen molar-refractivity contribution in [2.24, 2.45) is 0 Å². The van der Waals surface area contributed by atoms with E-state index >= 15 is 0 Å². The topological polar surface area (TPSA) is 107 Å². The Morgan fingerprint density at radius 1 is 1.22 bits per heavy atom. The number of hydrogen-bond acceptors (Lipinski definition) is 6. The minimum atomic E-state index is -0.359. The van der Waals surface area contributed by atoms with Crippen LogP contribution in [0.5, 0.6) is 0 Å². The van der Waals surface area contributed by atoms with Crippen LogP contribution in [-0.4, -0.2) is 46.5 Å². The van der Waals surface area contributed by atoms with Crippen LogP contribution in [0.25, 0.3) is 11.0 Å². The van der Waals surface area contributed by atoms with E-state index < -0.39 is 0 Å². The van der Waals surface area contributed by atoms with Gasteiger partial charge in [-0.3, -0.25) is 14.2 Å². The van der Waals surface area contributed by atoms with Crippen molar-refractivity contribution in [3.05, 3.63) is 58.1 Å². The number of aromatic amines is 1. The highest BCUT2D eigenvalue weighted by molar-refractivity contribution is 5.96. The fraction of sp³-hybridized carbons (Fsp3) is 0.263.